The highest BCUT2D eigenvalue weighted by atomic mass is 35.5. The van der Waals surface area contributed by atoms with Crippen molar-refractivity contribution in [3.63, 3.8) is 0 Å². The summed E-state index contributed by atoms with van der Waals surface area (Å²) in [5.74, 6) is 1.95. The van der Waals surface area contributed by atoms with Gasteiger partial charge in [-0.1, -0.05) is 90.5 Å². The first-order chi connectivity index (χ1) is 15.3. The lowest BCUT2D eigenvalue weighted by Crippen LogP contribution is -2.03. The summed E-state index contributed by atoms with van der Waals surface area (Å²) in [6, 6.07) is 26.1. The molecule has 3 nitrogen and oxygen atoms in total. The van der Waals surface area contributed by atoms with Gasteiger partial charge in [-0.2, -0.15) is 0 Å². The summed E-state index contributed by atoms with van der Waals surface area (Å²) in [5, 5.41) is 0.649. The van der Waals surface area contributed by atoms with E-state index in [1.54, 1.807) is 0 Å². The first-order valence-electron chi connectivity index (χ1n) is 10.3. The van der Waals surface area contributed by atoms with Crippen LogP contribution < -0.4 is 0 Å². The maximum Gasteiger partial charge on any atom is 0.164 e. The number of halogens is 1. The molecule has 1 aliphatic rings. The highest BCUT2D eigenvalue weighted by molar-refractivity contribution is 6.31. The van der Waals surface area contributed by atoms with E-state index in [0.717, 1.165) is 40.7 Å². The minimum Gasteiger partial charge on any atom is -0.208 e. The topological polar surface area (TPSA) is 38.7 Å². The third kappa shape index (κ3) is 4.32. The normalized spacial score (nSPS) is 13.1. The standard InChI is InChI=1S/C27H20ClN3/c28-24-17-22(19-10-4-1-5-11-19)16-23(18-24)27-30-25(20-12-6-2-7-13-20)29-26(31-27)21-14-8-3-9-15-21/h1-2,4-8,10-18H,3,9H2. The molecule has 0 radical (unpaired) electrons. The minimum absolute atomic E-state index is 0.614. The van der Waals surface area contributed by atoms with E-state index in [-0.39, 0.29) is 0 Å². The van der Waals surface area contributed by atoms with E-state index >= 15 is 0 Å². The minimum atomic E-state index is 0.614. The van der Waals surface area contributed by atoms with Gasteiger partial charge >= 0.3 is 0 Å². The van der Waals surface area contributed by atoms with E-state index in [9.17, 15) is 0 Å². The summed E-state index contributed by atoms with van der Waals surface area (Å²) < 4.78 is 0. The van der Waals surface area contributed by atoms with Gasteiger partial charge in [0.1, 0.15) is 0 Å². The number of nitrogens with zero attached hydrogens (tertiary/aromatic N) is 3. The van der Waals surface area contributed by atoms with Crippen molar-refractivity contribution in [1.29, 1.82) is 0 Å². The lowest BCUT2D eigenvalue weighted by atomic mass is 10.0. The van der Waals surface area contributed by atoms with Crippen molar-refractivity contribution in [3.05, 3.63) is 108 Å². The van der Waals surface area contributed by atoms with Gasteiger partial charge in [0.05, 0.1) is 0 Å². The highest BCUT2D eigenvalue weighted by Crippen LogP contribution is 2.31. The van der Waals surface area contributed by atoms with E-state index in [0.29, 0.717) is 22.5 Å². The largest absolute Gasteiger partial charge is 0.208 e. The molecule has 0 spiro atoms. The van der Waals surface area contributed by atoms with E-state index in [4.69, 9.17) is 26.6 Å². The van der Waals surface area contributed by atoms with E-state index in [1.165, 1.54) is 0 Å². The monoisotopic (exact) mass is 421 g/mol. The molecule has 0 amide bonds. The van der Waals surface area contributed by atoms with E-state index in [2.05, 4.69) is 36.4 Å². The number of hydrogen-bond donors (Lipinski definition) is 0. The molecule has 0 N–H and O–H groups in total. The van der Waals surface area contributed by atoms with Crippen molar-refractivity contribution in [2.45, 2.75) is 12.8 Å². The van der Waals surface area contributed by atoms with Crippen LogP contribution >= 0.6 is 11.6 Å². The van der Waals surface area contributed by atoms with Crippen LogP contribution in [0.4, 0.5) is 0 Å². The average molecular weight is 422 g/mol. The zero-order valence-electron chi connectivity index (χ0n) is 16.9. The van der Waals surface area contributed by atoms with Crippen LogP contribution in [0, 0.1) is 0 Å². The molecule has 0 unspecified atom stereocenters. The van der Waals surface area contributed by atoms with Crippen molar-refractivity contribution in [3.8, 4) is 33.9 Å². The number of aromatic nitrogens is 3. The summed E-state index contributed by atoms with van der Waals surface area (Å²) in [5.41, 5.74) is 4.98. The maximum absolute atomic E-state index is 6.50. The molecule has 1 heterocycles. The Kier molecular flexibility index (Phi) is 5.42. The highest BCUT2D eigenvalue weighted by Gasteiger charge is 2.14. The van der Waals surface area contributed by atoms with Gasteiger partial charge in [-0.25, -0.2) is 15.0 Å². The summed E-state index contributed by atoms with van der Waals surface area (Å²) >= 11 is 6.50. The van der Waals surface area contributed by atoms with Gasteiger partial charge in [-0.05, 0) is 42.2 Å². The summed E-state index contributed by atoms with van der Waals surface area (Å²) in [6.07, 6.45) is 8.46. The number of rotatable bonds is 4. The lowest BCUT2D eigenvalue weighted by molar-refractivity contribution is 1.01. The Bertz CT molecular complexity index is 1280. The zero-order chi connectivity index (χ0) is 21.0. The molecule has 31 heavy (non-hydrogen) atoms. The molecule has 0 aliphatic heterocycles. The molecule has 0 bridgehead atoms. The zero-order valence-corrected chi connectivity index (χ0v) is 17.6. The van der Waals surface area contributed by atoms with Gasteiger partial charge in [0.2, 0.25) is 0 Å². The van der Waals surface area contributed by atoms with E-state index < -0.39 is 0 Å². The molecule has 0 fully saturated rings. The third-order valence-electron chi connectivity index (χ3n) is 5.18. The Morgan fingerprint density at radius 1 is 0.581 bits per heavy atom. The van der Waals surface area contributed by atoms with Crippen LogP contribution in [0.5, 0.6) is 0 Å². The van der Waals surface area contributed by atoms with Crippen LogP contribution in [0.25, 0.3) is 39.5 Å². The molecule has 0 saturated heterocycles. The lowest BCUT2D eigenvalue weighted by Gasteiger charge is -2.11. The molecule has 3 aromatic carbocycles. The first-order valence-corrected chi connectivity index (χ1v) is 10.7. The molecule has 0 atom stereocenters. The molecule has 150 valence electrons. The maximum atomic E-state index is 6.50. The summed E-state index contributed by atoms with van der Waals surface area (Å²) in [6.45, 7) is 0. The quantitative estimate of drug-likeness (QED) is 0.348. The predicted molar refractivity (Wildman–Crippen MR) is 127 cm³/mol. The Hall–Kier alpha value is -3.56. The average Bonchev–Trinajstić information content (AvgIpc) is 2.85. The predicted octanol–water partition coefficient (Wildman–Crippen LogP) is 7.26. The molecule has 1 aliphatic carbocycles. The van der Waals surface area contributed by atoms with Crippen LogP contribution in [-0.4, -0.2) is 15.0 Å². The molecular formula is C27H20ClN3. The fourth-order valence-electron chi connectivity index (χ4n) is 3.65. The molecular weight excluding hydrogens is 402 g/mol. The molecule has 4 aromatic rings. The van der Waals surface area contributed by atoms with Crippen molar-refractivity contribution in [2.75, 3.05) is 0 Å². The van der Waals surface area contributed by atoms with Crippen LogP contribution in [-0.2, 0) is 0 Å². The van der Waals surface area contributed by atoms with E-state index in [1.807, 2.05) is 60.7 Å². The smallest absolute Gasteiger partial charge is 0.164 e. The van der Waals surface area contributed by atoms with Crippen molar-refractivity contribution < 1.29 is 0 Å². The van der Waals surface area contributed by atoms with Gasteiger partial charge in [0, 0.05) is 21.7 Å². The van der Waals surface area contributed by atoms with Crippen LogP contribution in [0.15, 0.2) is 97.1 Å². The molecule has 1 aromatic heterocycles. The second kappa shape index (κ2) is 8.66. The Balaban J connectivity index is 1.68. The SMILES string of the molecule is Clc1cc(-c2ccccc2)cc(-c2nc(C3=CCCC=C3)nc(-c3ccccc3)n2)c1. The van der Waals surface area contributed by atoms with Crippen LogP contribution in [0.3, 0.4) is 0 Å². The second-order valence-electron chi connectivity index (χ2n) is 7.41. The van der Waals surface area contributed by atoms with Gasteiger partial charge < -0.3 is 0 Å². The van der Waals surface area contributed by atoms with Crippen molar-refractivity contribution in [1.82, 2.24) is 15.0 Å². The molecule has 5 rings (SSSR count). The summed E-state index contributed by atoms with van der Waals surface area (Å²) in [7, 11) is 0. The number of allylic oxidation sites excluding steroid dienone is 4. The van der Waals surface area contributed by atoms with Crippen LogP contribution in [0.1, 0.15) is 18.7 Å². The number of hydrogen-bond acceptors (Lipinski definition) is 3. The van der Waals surface area contributed by atoms with Gasteiger partial charge in [0.25, 0.3) is 0 Å². The Morgan fingerprint density at radius 3 is 1.87 bits per heavy atom. The van der Waals surface area contributed by atoms with Gasteiger partial charge in [-0.15, -0.1) is 0 Å². The summed E-state index contributed by atoms with van der Waals surface area (Å²) in [4.78, 5) is 14.4. The fourth-order valence-corrected chi connectivity index (χ4v) is 3.88. The third-order valence-corrected chi connectivity index (χ3v) is 5.40. The molecule has 4 heteroatoms. The van der Waals surface area contributed by atoms with Gasteiger partial charge in [-0.3, -0.25) is 0 Å². The molecule has 0 saturated carbocycles. The van der Waals surface area contributed by atoms with Crippen LogP contribution in [0.2, 0.25) is 5.02 Å². The van der Waals surface area contributed by atoms with Crippen molar-refractivity contribution in [2.24, 2.45) is 0 Å². The van der Waals surface area contributed by atoms with Gasteiger partial charge in [0.15, 0.2) is 17.5 Å². The Labute approximate surface area is 186 Å². The first kappa shape index (κ1) is 19.4. The Morgan fingerprint density at radius 2 is 1.19 bits per heavy atom. The fraction of sp³-hybridized carbons (Fsp3) is 0.0741. The second-order valence-corrected chi connectivity index (χ2v) is 7.84. The number of benzene rings is 3. The van der Waals surface area contributed by atoms with Crippen molar-refractivity contribution >= 4 is 17.2 Å².